The highest BCUT2D eigenvalue weighted by Crippen LogP contribution is 2.38. The number of esters is 1. The van der Waals surface area contributed by atoms with Crippen molar-refractivity contribution in [1.29, 1.82) is 0 Å². The number of likely N-dealkylation sites (N-methyl/N-ethyl adjacent to an activating group) is 1. The number of rotatable bonds is 52. The van der Waals surface area contributed by atoms with Gasteiger partial charge in [-0.2, -0.15) is 0 Å². The van der Waals surface area contributed by atoms with Crippen LogP contribution in [-0.2, 0) is 27.9 Å². The molecule has 68 heavy (non-hydrogen) atoms. The molecule has 1 N–H and O–H groups in total. The lowest BCUT2D eigenvalue weighted by atomic mass is 10.0. The first-order chi connectivity index (χ1) is 32.9. The zero-order chi connectivity index (χ0) is 50.1. The molecule has 0 saturated carbocycles. The Kier molecular flexibility index (Phi) is 47.6. The number of nitrogens with one attached hydrogen (secondary N) is 1. The van der Waals surface area contributed by atoms with Gasteiger partial charge in [-0.15, -0.1) is 0 Å². The van der Waals surface area contributed by atoms with Gasteiger partial charge in [-0.25, -0.2) is 0 Å². The molecule has 0 heterocycles. The molecule has 0 saturated heterocycles. The summed E-state index contributed by atoms with van der Waals surface area (Å²) >= 11 is 0. The van der Waals surface area contributed by atoms with Crippen molar-refractivity contribution in [2.24, 2.45) is 0 Å². The average molecular weight is 980 g/mol. The van der Waals surface area contributed by atoms with Gasteiger partial charge in [-0.1, -0.05) is 231 Å². The molecule has 0 aromatic heterocycles. The molecule has 9 nitrogen and oxygen atoms in total. The molecule has 0 aliphatic heterocycles. The fourth-order valence-corrected chi connectivity index (χ4v) is 9.04. The van der Waals surface area contributed by atoms with Gasteiger partial charge in [0.25, 0.3) is 7.82 Å². The van der Waals surface area contributed by atoms with Crippen LogP contribution in [-0.4, -0.2) is 69.4 Å². The van der Waals surface area contributed by atoms with Crippen LogP contribution in [0.25, 0.3) is 0 Å². The number of amides is 1. The van der Waals surface area contributed by atoms with Gasteiger partial charge in [0.05, 0.1) is 33.8 Å². The SMILES string of the molecule is CCCCC/C=C\C/C=C\CCCCCCCCCC(=O)NC(COP(=O)([O-])OCC[N+](C)(C)C)C(/C=C/CCCCCCCCCCCC)OC(=O)CCCCCCCCCCCCCCC. The highest BCUT2D eigenvalue weighted by atomic mass is 31.2. The summed E-state index contributed by atoms with van der Waals surface area (Å²) < 4.78 is 30.2. The number of allylic oxidation sites excluding steroid dienone is 5. The minimum atomic E-state index is -4.69. The number of phosphoric acid groups is 1. The summed E-state index contributed by atoms with van der Waals surface area (Å²) in [4.78, 5) is 39.8. The van der Waals surface area contributed by atoms with E-state index < -0.39 is 20.0 Å². The Morgan fingerprint density at radius 2 is 0.897 bits per heavy atom. The molecular weight excluding hydrogens is 868 g/mol. The Labute approximate surface area is 421 Å². The number of ether oxygens (including phenoxy) is 1. The van der Waals surface area contributed by atoms with Crippen LogP contribution in [0.4, 0.5) is 0 Å². The summed E-state index contributed by atoms with van der Waals surface area (Å²) in [6.07, 6.45) is 56.7. The first kappa shape index (κ1) is 66.2. The van der Waals surface area contributed by atoms with Gasteiger partial charge in [0, 0.05) is 12.8 Å². The molecule has 0 fully saturated rings. The minimum Gasteiger partial charge on any atom is -0.756 e. The van der Waals surface area contributed by atoms with Gasteiger partial charge >= 0.3 is 5.97 Å². The van der Waals surface area contributed by atoms with E-state index in [4.69, 9.17) is 13.8 Å². The molecule has 0 aliphatic rings. The highest BCUT2D eigenvalue weighted by molar-refractivity contribution is 7.45. The van der Waals surface area contributed by atoms with E-state index in [9.17, 15) is 19.0 Å². The van der Waals surface area contributed by atoms with Gasteiger partial charge < -0.3 is 28.5 Å². The second-order valence-corrected chi connectivity index (χ2v) is 22.2. The Balaban J connectivity index is 5.33. The van der Waals surface area contributed by atoms with E-state index in [2.05, 4.69) is 50.4 Å². The number of nitrogens with zero attached hydrogens (tertiary/aromatic N) is 1. The fourth-order valence-electron chi connectivity index (χ4n) is 8.32. The number of carbonyl (C=O) groups is 2. The maximum Gasteiger partial charge on any atom is 0.306 e. The van der Waals surface area contributed by atoms with Crippen LogP contribution >= 0.6 is 7.82 Å². The number of quaternary nitrogens is 1. The van der Waals surface area contributed by atoms with Crippen LogP contribution in [0.5, 0.6) is 0 Å². The molecule has 10 heteroatoms. The Morgan fingerprint density at radius 1 is 0.515 bits per heavy atom. The molecule has 3 unspecified atom stereocenters. The van der Waals surface area contributed by atoms with E-state index in [1.807, 2.05) is 33.3 Å². The summed E-state index contributed by atoms with van der Waals surface area (Å²) in [7, 11) is 1.19. The monoisotopic (exact) mass is 979 g/mol. The van der Waals surface area contributed by atoms with Crippen molar-refractivity contribution < 1.29 is 37.3 Å². The molecule has 0 spiro atoms. The van der Waals surface area contributed by atoms with Crippen LogP contribution in [0.3, 0.4) is 0 Å². The summed E-state index contributed by atoms with van der Waals surface area (Å²) in [6, 6.07) is -0.887. The molecule has 0 aliphatic carbocycles. The van der Waals surface area contributed by atoms with E-state index in [-0.39, 0.29) is 31.5 Å². The number of hydrogen-bond acceptors (Lipinski definition) is 7. The van der Waals surface area contributed by atoms with E-state index in [1.54, 1.807) is 0 Å². The quantitative estimate of drug-likeness (QED) is 0.0212. The second-order valence-electron chi connectivity index (χ2n) is 20.8. The molecule has 0 aromatic rings. The first-order valence-electron chi connectivity index (χ1n) is 28.8. The largest absolute Gasteiger partial charge is 0.756 e. The number of carbonyl (C=O) groups excluding carboxylic acids is 2. The van der Waals surface area contributed by atoms with Crippen molar-refractivity contribution in [2.45, 2.75) is 283 Å². The lowest BCUT2D eigenvalue weighted by Gasteiger charge is -2.30. The lowest BCUT2D eigenvalue weighted by molar-refractivity contribution is -0.870. The molecule has 0 radical (unpaired) electrons. The second kappa shape index (κ2) is 48.8. The summed E-state index contributed by atoms with van der Waals surface area (Å²) in [5, 5.41) is 3.02. The predicted octanol–water partition coefficient (Wildman–Crippen LogP) is 16.5. The fraction of sp³-hybridized carbons (Fsp3) is 0.862. The van der Waals surface area contributed by atoms with Crippen LogP contribution in [0.1, 0.15) is 271 Å². The molecule has 400 valence electrons. The lowest BCUT2D eigenvalue weighted by Crippen LogP contribution is -2.47. The average Bonchev–Trinajstić information content (AvgIpc) is 3.29. The van der Waals surface area contributed by atoms with Crippen LogP contribution in [0.2, 0.25) is 0 Å². The molecule has 3 atom stereocenters. The zero-order valence-electron chi connectivity index (χ0n) is 45.6. The highest BCUT2D eigenvalue weighted by Gasteiger charge is 2.27. The van der Waals surface area contributed by atoms with Crippen molar-refractivity contribution in [3.8, 4) is 0 Å². The van der Waals surface area contributed by atoms with Crippen molar-refractivity contribution in [3.05, 3.63) is 36.5 Å². The van der Waals surface area contributed by atoms with E-state index in [0.717, 1.165) is 77.0 Å². The van der Waals surface area contributed by atoms with Gasteiger partial charge in [-0.05, 0) is 63.9 Å². The van der Waals surface area contributed by atoms with E-state index >= 15 is 0 Å². The smallest absolute Gasteiger partial charge is 0.306 e. The summed E-state index contributed by atoms with van der Waals surface area (Å²) in [5.74, 6) is -0.541. The summed E-state index contributed by atoms with van der Waals surface area (Å²) in [6.45, 7) is 6.82. The Hall–Kier alpha value is -1.77. The molecule has 0 rings (SSSR count). The topological polar surface area (TPSA) is 114 Å². The molecule has 0 aromatic carbocycles. The van der Waals surface area contributed by atoms with Gasteiger partial charge in [-0.3, -0.25) is 14.2 Å². The van der Waals surface area contributed by atoms with Crippen LogP contribution in [0, 0.1) is 0 Å². The zero-order valence-corrected chi connectivity index (χ0v) is 46.5. The number of unbranched alkanes of at least 4 members (excludes halogenated alkanes) is 32. The van der Waals surface area contributed by atoms with Crippen LogP contribution < -0.4 is 10.2 Å². The normalized spacial score (nSPS) is 14.0. The predicted molar refractivity (Wildman–Crippen MR) is 289 cm³/mol. The third-order valence-electron chi connectivity index (χ3n) is 12.8. The summed E-state index contributed by atoms with van der Waals surface area (Å²) in [5.41, 5.74) is 0. The molecular formula is C58H111N2O7P. The van der Waals surface area contributed by atoms with Gasteiger partial charge in [0.1, 0.15) is 19.3 Å². The Bertz CT molecular complexity index is 1270. The van der Waals surface area contributed by atoms with Crippen molar-refractivity contribution >= 4 is 19.7 Å². The first-order valence-corrected chi connectivity index (χ1v) is 30.3. The van der Waals surface area contributed by atoms with Crippen molar-refractivity contribution in [3.63, 3.8) is 0 Å². The van der Waals surface area contributed by atoms with E-state index in [0.29, 0.717) is 17.4 Å². The number of phosphoric ester groups is 1. The van der Waals surface area contributed by atoms with Crippen molar-refractivity contribution in [2.75, 3.05) is 40.9 Å². The van der Waals surface area contributed by atoms with E-state index in [1.165, 1.54) is 161 Å². The van der Waals surface area contributed by atoms with Gasteiger partial charge in [0.15, 0.2) is 0 Å². The number of hydrogen-bond donors (Lipinski definition) is 1. The molecule has 1 amide bonds. The standard InChI is InChI=1S/C58H111N2O7P/c1-7-10-13-16-19-22-25-28-29-30-31-33-35-38-41-44-47-50-57(61)59-55(54-66-68(63,64)65-53-52-60(4,5)6)56(49-46-43-40-37-34-27-24-21-18-15-12-9-3)67-58(62)51-48-45-42-39-36-32-26-23-20-17-14-11-8-2/h19,22,28-29,46,49,55-56H,7-18,20-21,23-27,30-45,47-48,50-54H2,1-6H3,(H-,59,61,63,64)/b22-19-,29-28-,49-46+. The minimum absolute atomic E-state index is 0.0220. The van der Waals surface area contributed by atoms with Crippen LogP contribution in [0.15, 0.2) is 36.5 Å². The maximum atomic E-state index is 13.5. The maximum absolute atomic E-state index is 13.5. The third kappa shape index (κ3) is 49.2. The van der Waals surface area contributed by atoms with Gasteiger partial charge in [0.2, 0.25) is 5.91 Å². The Morgan fingerprint density at radius 3 is 1.35 bits per heavy atom. The third-order valence-corrected chi connectivity index (χ3v) is 13.8. The molecule has 0 bridgehead atoms. The van der Waals surface area contributed by atoms with Crippen molar-refractivity contribution in [1.82, 2.24) is 5.32 Å².